The first-order valence-electron chi connectivity index (χ1n) is 5.10. The molecule has 0 aromatic heterocycles. The minimum Gasteiger partial charge on any atom is -0.392 e. The highest BCUT2D eigenvalue weighted by Gasteiger charge is 2.19. The van der Waals surface area contributed by atoms with Crippen LogP contribution in [0.3, 0.4) is 0 Å². The van der Waals surface area contributed by atoms with Crippen molar-refractivity contribution in [2.75, 3.05) is 12.8 Å². The zero-order valence-electron chi connectivity index (χ0n) is 9.88. The number of hydrogen-bond acceptors (Lipinski definition) is 3. The number of nitrogens with two attached hydrogens (primary N) is 1. The van der Waals surface area contributed by atoms with Gasteiger partial charge in [0.2, 0.25) is 10.0 Å². The Balaban J connectivity index is 2.83. The van der Waals surface area contributed by atoms with Gasteiger partial charge < -0.3 is 5.73 Å². The molecule has 0 saturated heterocycles. The van der Waals surface area contributed by atoms with Crippen LogP contribution in [0.2, 0.25) is 0 Å². The fourth-order valence-electron chi connectivity index (χ4n) is 1.42. The molecule has 0 atom stereocenters. The van der Waals surface area contributed by atoms with Crippen LogP contribution in [-0.4, -0.2) is 30.5 Å². The van der Waals surface area contributed by atoms with Gasteiger partial charge in [-0.05, 0) is 18.1 Å². The van der Waals surface area contributed by atoms with Gasteiger partial charge in [0.1, 0.15) is 5.75 Å². The molecule has 6 heteroatoms. The second-order valence-electron chi connectivity index (χ2n) is 3.91. The molecule has 0 fully saturated rings. The standard InChI is InChI=1S/C11H16N2O2S2/c1-9-5-3-4-6-10(9)7-13(2)17(14,15)8-11(12)16/h3-6H,7-8H2,1-2H3,(H2,12,16). The van der Waals surface area contributed by atoms with Crippen molar-refractivity contribution in [3.8, 4) is 0 Å². The van der Waals surface area contributed by atoms with E-state index in [9.17, 15) is 8.42 Å². The fraction of sp³-hybridized carbons (Fsp3) is 0.364. The van der Waals surface area contributed by atoms with Gasteiger partial charge >= 0.3 is 0 Å². The van der Waals surface area contributed by atoms with Gasteiger partial charge in [0.25, 0.3) is 0 Å². The van der Waals surface area contributed by atoms with Crippen molar-refractivity contribution in [1.82, 2.24) is 4.31 Å². The molecule has 0 spiro atoms. The lowest BCUT2D eigenvalue weighted by atomic mass is 10.1. The molecule has 17 heavy (non-hydrogen) atoms. The second kappa shape index (κ2) is 5.57. The molecule has 94 valence electrons. The number of hydrogen-bond donors (Lipinski definition) is 1. The molecule has 1 aromatic carbocycles. The maximum absolute atomic E-state index is 11.8. The lowest BCUT2D eigenvalue weighted by Gasteiger charge is -2.17. The van der Waals surface area contributed by atoms with E-state index in [0.29, 0.717) is 6.54 Å². The molecule has 0 radical (unpaired) electrons. The Morgan fingerprint density at radius 3 is 2.53 bits per heavy atom. The summed E-state index contributed by atoms with van der Waals surface area (Å²) in [6.07, 6.45) is 0. The largest absolute Gasteiger partial charge is 0.392 e. The smallest absolute Gasteiger partial charge is 0.220 e. The Hall–Kier alpha value is -0.980. The highest BCUT2D eigenvalue weighted by Crippen LogP contribution is 2.12. The van der Waals surface area contributed by atoms with Crippen LogP contribution in [0.1, 0.15) is 11.1 Å². The molecule has 0 unspecified atom stereocenters. The first-order chi connectivity index (χ1) is 7.83. The lowest BCUT2D eigenvalue weighted by molar-refractivity contribution is 0.469. The van der Waals surface area contributed by atoms with E-state index in [2.05, 4.69) is 12.2 Å². The number of aryl methyl sites for hydroxylation is 1. The number of rotatable bonds is 5. The minimum absolute atomic E-state index is 0.0124. The van der Waals surface area contributed by atoms with Gasteiger partial charge in [0.15, 0.2) is 0 Å². The van der Waals surface area contributed by atoms with E-state index in [1.807, 2.05) is 31.2 Å². The Bertz CT molecular complexity index is 512. The second-order valence-corrected chi connectivity index (χ2v) is 6.51. The first kappa shape index (κ1) is 14.1. The predicted octanol–water partition coefficient (Wildman–Crippen LogP) is 1.04. The van der Waals surface area contributed by atoms with E-state index in [1.165, 1.54) is 11.4 Å². The predicted molar refractivity (Wildman–Crippen MR) is 73.2 cm³/mol. The van der Waals surface area contributed by atoms with E-state index in [4.69, 9.17) is 5.73 Å². The molecule has 1 rings (SSSR count). The molecule has 0 aliphatic carbocycles. The van der Waals surface area contributed by atoms with Crippen molar-refractivity contribution in [2.45, 2.75) is 13.5 Å². The first-order valence-corrected chi connectivity index (χ1v) is 7.11. The SMILES string of the molecule is Cc1ccccc1CN(C)S(=O)(=O)CC(N)=S. The average molecular weight is 272 g/mol. The number of sulfonamides is 1. The van der Waals surface area contributed by atoms with Crippen molar-refractivity contribution in [1.29, 1.82) is 0 Å². The van der Waals surface area contributed by atoms with Gasteiger partial charge in [-0.2, -0.15) is 0 Å². The molecule has 0 aliphatic rings. The van der Waals surface area contributed by atoms with E-state index < -0.39 is 10.0 Å². The van der Waals surface area contributed by atoms with Crippen molar-refractivity contribution in [3.05, 3.63) is 35.4 Å². The normalized spacial score (nSPS) is 11.7. The van der Waals surface area contributed by atoms with Crippen LogP contribution in [0.5, 0.6) is 0 Å². The molecular formula is C11H16N2O2S2. The Labute approximate surface area is 107 Å². The van der Waals surface area contributed by atoms with E-state index in [0.717, 1.165) is 11.1 Å². The van der Waals surface area contributed by atoms with Gasteiger partial charge in [0.05, 0.1) is 4.99 Å². The summed E-state index contributed by atoms with van der Waals surface area (Å²) in [4.78, 5) is -0.0124. The number of benzene rings is 1. The summed E-state index contributed by atoms with van der Waals surface area (Å²) in [6.45, 7) is 2.28. The Morgan fingerprint density at radius 1 is 1.41 bits per heavy atom. The van der Waals surface area contributed by atoms with Crippen molar-refractivity contribution >= 4 is 27.2 Å². The van der Waals surface area contributed by atoms with Gasteiger partial charge in [-0.1, -0.05) is 36.5 Å². The summed E-state index contributed by atoms with van der Waals surface area (Å²) >= 11 is 4.63. The maximum Gasteiger partial charge on any atom is 0.220 e. The average Bonchev–Trinajstić information content (AvgIpc) is 2.19. The summed E-state index contributed by atoms with van der Waals surface area (Å²) in [7, 11) is -1.88. The third-order valence-corrected chi connectivity index (χ3v) is 4.54. The van der Waals surface area contributed by atoms with E-state index in [-0.39, 0.29) is 10.7 Å². The summed E-state index contributed by atoms with van der Waals surface area (Å²) in [5, 5.41) is 0. The van der Waals surface area contributed by atoms with Gasteiger partial charge in [-0.3, -0.25) is 0 Å². The van der Waals surface area contributed by atoms with E-state index >= 15 is 0 Å². The highest BCUT2D eigenvalue weighted by molar-refractivity contribution is 7.92. The van der Waals surface area contributed by atoms with Crippen molar-refractivity contribution in [3.63, 3.8) is 0 Å². The van der Waals surface area contributed by atoms with Crippen LogP contribution in [0.4, 0.5) is 0 Å². The van der Waals surface area contributed by atoms with Crippen molar-refractivity contribution in [2.24, 2.45) is 5.73 Å². The molecule has 1 aromatic rings. The molecule has 0 aliphatic heterocycles. The summed E-state index contributed by atoms with van der Waals surface area (Å²) < 4.78 is 24.9. The zero-order chi connectivity index (χ0) is 13.1. The highest BCUT2D eigenvalue weighted by atomic mass is 32.2. The van der Waals surface area contributed by atoms with E-state index in [1.54, 1.807) is 0 Å². The van der Waals surface area contributed by atoms with Crippen molar-refractivity contribution < 1.29 is 8.42 Å². The van der Waals surface area contributed by atoms with Crippen LogP contribution in [0, 0.1) is 6.92 Å². The number of thiocarbonyl (C=S) groups is 1. The van der Waals surface area contributed by atoms with Crippen LogP contribution >= 0.6 is 12.2 Å². The number of nitrogens with zero attached hydrogens (tertiary/aromatic N) is 1. The molecule has 0 saturated carbocycles. The third kappa shape index (κ3) is 4.07. The lowest BCUT2D eigenvalue weighted by Crippen LogP contribution is -2.33. The molecule has 0 heterocycles. The molecule has 4 nitrogen and oxygen atoms in total. The molecule has 0 bridgehead atoms. The molecule has 2 N–H and O–H groups in total. The van der Waals surface area contributed by atoms with Gasteiger partial charge in [-0.25, -0.2) is 12.7 Å². The Morgan fingerprint density at radius 2 is 2.00 bits per heavy atom. The van der Waals surface area contributed by atoms with Gasteiger partial charge in [-0.15, -0.1) is 0 Å². The maximum atomic E-state index is 11.8. The summed E-state index contributed by atoms with van der Waals surface area (Å²) in [5.74, 6) is -0.287. The topological polar surface area (TPSA) is 63.4 Å². The molecular weight excluding hydrogens is 256 g/mol. The quantitative estimate of drug-likeness (QED) is 0.814. The monoisotopic (exact) mass is 272 g/mol. The Kier molecular flexibility index (Phi) is 4.62. The van der Waals surface area contributed by atoms with Crippen LogP contribution in [0.25, 0.3) is 0 Å². The zero-order valence-corrected chi connectivity index (χ0v) is 11.5. The molecule has 0 amide bonds. The van der Waals surface area contributed by atoms with Gasteiger partial charge in [0, 0.05) is 13.6 Å². The third-order valence-electron chi connectivity index (χ3n) is 2.45. The van der Waals surface area contributed by atoms with Crippen LogP contribution in [-0.2, 0) is 16.6 Å². The van der Waals surface area contributed by atoms with Crippen LogP contribution in [0.15, 0.2) is 24.3 Å². The minimum atomic E-state index is -3.41. The van der Waals surface area contributed by atoms with Crippen LogP contribution < -0.4 is 5.73 Å². The summed E-state index contributed by atoms with van der Waals surface area (Å²) in [5.41, 5.74) is 7.30. The fourth-order valence-corrected chi connectivity index (χ4v) is 2.78. The summed E-state index contributed by atoms with van der Waals surface area (Å²) in [6, 6.07) is 7.66.